The lowest BCUT2D eigenvalue weighted by molar-refractivity contribution is -0.115. The lowest BCUT2D eigenvalue weighted by Crippen LogP contribution is -2.49. The van der Waals surface area contributed by atoms with Crippen molar-refractivity contribution in [1.29, 1.82) is 0 Å². The van der Waals surface area contributed by atoms with Crippen molar-refractivity contribution >= 4 is 23.1 Å². The van der Waals surface area contributed by atoms with Crippen molar-refractivity contribution in [3.05, 3.63) is 66.1 Å². The molecule has 2 aromatic carbocycles. The summed E-state index contributed by atoms with van der Waals surface area (Å²) in [6, 6.07) is 14.1. The van der Waals surface area contributed by atoms with Gasteiger partial charge in [-0.3, -0.25) is 4.79 Å². The fraction of sp³-hybridized carbons (Fsp3) is 0.208. The van der Waals surface area contributed by atoms with Crippen molar-refractivity contribution in [2.45, 2.75) is 6.42 Å². The number of fused-ring (bicyclic) bond motifs is 2. The minimum absolute atomic E-state index is 0.0153. The van der Waals surface area contributed by atoms with E-state index in [1.165, 1.54) is 12.1 Å². The van der Waals surface area contributed by atoms with Crippen LogP contribution in [0.15, 0.2) is 54.7 Å². The van der Waals surface area contributed by atoms with Gasteiger partial charge in [-0.15, -0.1) is 0 Å². The van der Waals surface area contributed by atoms with Crippen molar-refractivity contribution in [3.8, 4) is 22.4 Å². The molecule has 160 valence electrons. The maximum atomic E-state index is 13.6. The van der Waals surface area contributed by atoms with Crippen LogP contribution in [0.1, 0.15) is 5.56 Å². The fourth-order valence-corrected chi connectivity index (χ4v) is 4.51. The summed E-state index contributed by atoms with van der Waals surface area (Å²) in [5.74, 6) is 0.623. The highest BCUT2D eigenvalue weighted by molar-refractivity contribution is 6.01. The van der Waals surface area contributed by atoms with E-state index in [1.807, 2.05) is 28.8 Å². The molecule has 0 unspecified atom stereocenters. The monoisotopic (exact) mass is 429 g/mol. The summed E-state index contributed by atoms with van der Waals surface area (Å²) in [6.07, 6.45) is 2.10. The Hall–Kier alpha value is -3.78. The molecule has 0 spiro atoms. The van der Waals surface area contributed by atoms with E-state index in [4.69, 9.17) is 5.10 Å². The molecule has 1 fully saturated rings. The summed E-state index contributed by atoms with van der Waals surface area (Å²) in [6.45, 7) is 1.59. The van der Waals surface area contributed by atoms with Crippen molar-refractivity contribution in [2.24, 2.45) is 5.92 Å². The number of aliphatic hydroxyl groups excluding tert-OH is 1. The second-order valence-corrected chi connectivity index (χ2v) is 8.32. The molecule has 0 atom stereocenters. The van der Waals surface area contributed by atoms with Crippen LogP contribution < -0.4 is 10.2 Å². The van der Waals surface area contributed by atoms with Crippen LogP contribution in [0.3, 0.4) is 0 Å². The molecule has 2 N–H and O–H groups in total. The smallest absolute Gasteiger partial charge is 0.228 e. The average molecular weight is 429 g/mol. The largest absolute Gasteiger partial charge is 0.396 e. The molecule has 2 aliphatic rings. The summed E-state index contributed by atoms with van der Waals surface area (Å²) in [7, 11) is 0. The number of hydrogen-bond donors (Lipinski definition) is 2. The van der Waals surface area contributed by atoms with Crippen molar-refractivity contribution in [2.75, 3.05) is 29.9 Å². The fourth-order valence-electron chi connectivity index (χ4n) is 4.51. The Bertz CT molecular complexity index is 1360. The summed E-state index contributed by atoms with van der Waals surface area (Å²) in [5, 5.41) is 17.2. The quantitative estimate of drug-likeness (QED) is 0.521. The highest BCUT2D eigenvalue weighted by atomic mass is 19.1. The van der Waals surface area contributed by atoms with Gasteiger partial charge in [-0.25, -0.2) is 9.37 Å². The lowest BCUT2D eigenvalue weighted by atomic mass is 9.97. The van der Waals surface area contributed by atoms with Gasteiger partial charge >= 0.3 is 0 Å². The molecular formula is C24H20FN5O2. The first-order valence-electron chi connectivity index (χ1n) is 10.5. The molecule has 4 aromatic rings. The Morgan fingerprint density at radius 2 is 1.88 bits per heavy atom. The number of carbonyl (C=O) groups excluding carboxylic acids is 1. The van der Waals surface area contributed by atoms with Crippen LogP contribution in [0.5, 0.6) is 0 Å². The number of nitrogens with zero attached hydrogens (tertiary/aromatic N) is 4. The Morgan fingerprint density at radius 1 is 1.09 bits per heavy atom. The van der Waals surface area contributed by atoms with Crippen LogP contribution in [-0.2, 0) is 11.2 Å². The number of amides is 1. The van der Waals surface area contributed by atoms with Gasteiger partial charge in [-0.1, -0.05) is 6.07 Å². The molecule has 2 aromatic heterocycles. The number of halogens is 1. The highest BCUT2D eigenvalue weighted by Crippen LogP contribution is 2.39. The highest BCUT2D eigenvalue weighted by Gasteiger charge is 2.30. The van der Waals surface area contributed by atoms with E-state index in [1.54, 1.807) is 18.3 Å². The van der Waals surface area contributed by atoms with Gasteiger partial charge in [0.05, 0.1) is 11.9 Å². The molecule has 8 heteroatoms. The molecule has 0 bridgehead atoms. The number of aliphatic hydroxyl groups is 1. The van der Waals surface area contributed by atoms with Crippen molar-refractivity contribution in [3.63, 3.8) is 0 Å². The van der Waals surface area contributed by atoms with E-state index < -0.39 is 0 Å². The van der Waals surface area contributed by atoms with Crippen LogP contribution in [0.4, 0.5) is 16.0 Å². The molecule has 0 saturated carbocycles. The third-order valence-corrected chi connectivity index (χ3v) is 6.17. The lowest BCUT2D eigenvalue weighted by Gasteiger charge is -2.38. The summed E-state index contributed by atoms with van der Waals surface area (Å²) < 4.78 is 15.4. The number of carbonyl (C=O) groups is 1. The molecule has 7 nitrogen and oxygen atoms in total. The van der Waals surface area contributed by atoms with E-state index in [0.29, 0.717) is 12.4 Å². The summed E-state index contributed by atoms with van der Waals surface area (Å²) in [5.41, 5.74) is 6.00. The van der Waals surface area contributed by atoms with Gasteiger partial charge in [0.15, 0.2) is 0 Å². The standard InChI is InChI=1S/C24H20FN5O2/c25-18-4-1-15(2-5-18)23-22(16-3-6-19-17(9-16)10-21(32)27-19)20-7-8-26-24(30(20)28-23)29-11-14(12-29)13-31/h1-9,14,31H,10-13H2,(H,27,32). The molecular weight excluding hydrogens is 409 g/mol. The Labute approximate surface area is 183 Å². The SMILES string of the molecule is O=C1Cc2cc(-c3c(-c4ccc(F)cc4)nn4c(N5CC(CO)C5)nccc34)ccc2N1. The molecule has 1 saturated heterocycles. The van der Waals surface area contributed by atoms with Gasteiger partial charge in [0.25, 0.3) is 0 Å². The minimum atomic E-state index is -0.306. The van der Waals surface area contributed by atoms with Crippen molar-refractivity contribution < 1.29 is 14.3 Å². The molecule has 6 rings (SSSR count). The summed E-state index contributed by atoms with van der Waals surface area (Å²) in [4.78, 5) is 18.5. The zero-order chi connectivity index (χ0) is 21.8. The zero-order valence-corrected chi connectivity index (χ0v) is 17.1. The minimum Gasteiger partial charge on any atom is -0.396 e. The van der Waals surface area contributed by atoms with Gasteiger partial charge in [-0.05, 0) is 53.6 Å². The van der Waals surface area contributed by atoms with Gasteiger partial charge in [0, 0.05) is 48.6 Å². The number of benzene rings is 2. The molecule has 2 aliphatic heterocycles. The second kappa shape index (κ2) is 7.13. The number of aromatic nitrogens is 3. The van der Waals surface area contributed by atoms with Gasteiger partial charge < -0.3 is 15.3 Å². The third-order valence-electron chi connectivity index (χ3n) is 6.17. The number of nitrogens with one attached hydrogen (secondary N) is 1. The van der Waals surface area contributed by atoms with E-state index in [9.17, 15) is 14.3 Å². The van der Waals surface area contributed by atoms with Crippen LogP contribution in [0.2, 0.25) is 0 Å². The van der Waals surface area contributed by atoms with Crippen LogP contribution in [-0.4, -0.2) is 45.3 Å². The Kier molecular flexibility index (Phi) is 4.22. The normalized spacial score (nSPS) is 15.7. The molecule has 0 aliphatic carbocycles. The maximum absolute atomic E-state index is 13.6. The Morgan fingerprint density at radius 3 is 2.66 bits per heavy atom. The van der Waals surface area contributed by atoms with Crippen LogP contribution in [0.25, 0.3) is 27.9 Å². The van der Waals surface area contributed by atoms with E-state index in [0.717, 1.165) is 52.2 Å². The second-order valence-electron chi connectivity index (χ2n) is 8.32. The number of rotatable bonds is 4. The third kappa shape index (κ3) is 2.95. The van der Waals surface area contributed by atoms with Crippen LogP contribution >= 0.6 is 0 Å². The topological polar surface area (TPSA) is 82.8 Å². The average Bonchev–Trinajstić information content (AvgIpc) is 3.33. The predicted molar refractivity (Wildman–Crippen MR) is 119 cm³/mol. The van der Waals surface area contributed by atoms with Gasteiger partial charge in [0.1, 0.15) is 11.5 Å². The number of hydrogen-bond acceptors (Lipinski definition) is 5. The zero-order valence-electron chi connectivity index (χ0n) is 17.1. The van der Waals surface area contributed by atoms with Gasteiger partial charge in [-0.2, -0.15) is 9.61 Å². The molecule has 32 heavy (non-hydrogen) atoms. The molecule has 0 radical (unpaired) electrons. The number of anilines is 2. The first-order chi connectivity index (χ1) is 15.6. The van der Waals surface area contributed by atoms with Crippen LogP contribution in [0, 0.1) is 11.7 Å². The van der Waals surface area contributed by atoms with Crippen molar-refractivity contribution in [1.82, 2.24) is 14.6 Å². The Balaban J connectivity index is 1.56. The maximum Gasteiger partial charge on any atom is 0.228 e. The first kappa shape index (κ1) is 18.9. The van der Waals surface area contributed by atoms with E-state index in [2.05, 4.69) is 15.2 Å². The van der Waals surface area contributed by atoms with E-state index in [-0.39, 0.29) is 24.2 Å². The molecule has 1 amide bonds. The van der Waals surface area contributed by atoms with Gasteiger partial charge in [0.2, 0.25) is 11.9 Å². The van der Waals surface area contributed by atoms with E-state index >= 15 is 0 Å². The predicted octanol–water partition coefficient (Wildman–Crippen LogP) is 3.13. The summed E-state index contributed by atoms with van der Waals surface area (Å²) >= 11 is 0. The first-order valence-corrected chi connectivity index (χ1v) is 10.5. The molecule has 4 heterocycles.